The second kappa shape index (κ2) is 7.70. The Balaban J connectivity index is 1.66. The summed E-state index contributed by atoms with van der Waals surface area (Å²) in [5, 5.41) is 11.2. The summed E-state index contributed by atoms with van der Waals surface area (Å²) in [5.41, 5.74) is -1.66. The van der Waals surface area contributed by atoms with E-state index >= 15 is 0 Å². The van der Waals surface area contributed by atoms with Crippen molar-refractivity contribution in [3.8, 4) is 28.4 Å². The normalized spacial score (nSPS) is 12.2. The van der Waals surface area contributed by atoms with Gasteiger partial charge in [-0.3, -0.25) is 0 Å². The number of alkyl halides is 6. The molecule has 0 N–H and O–H groups in total. The van der Waals surface area contributed by atoms with Crippen LogP contribution in [0.3, 0.4) is 0 Å². The third kappa shape index (κ3) is 4.15. The molecule has 2 aromatic carbocycles. The highest BCUT2D eigenvalue weighted by atomic mass is 19.4. The zero-order valence-corrected chi connectivity index (χ0v) is 16.2. The first-order chi connectivity index (χ1) is 15.1. The van der Waals surface area contributed by atoms with Crippen LogP contribution in [0, 0.1) is 0 Å². The van der Waals surface area contributed by atoms with Crippen LogP contribution in [-0.4, -0.2) is 31.9 Å². The van der Waals surface area contributed by atoms with Gasteiger partial charge in [0.05, 0.1) is 24.7 Å². The molecule has 0 saturated carbocycles. The van der Waals surface area contributed by atoms with E-state index in [1.165, 1.54) is 36.1 Å². The van der Waals surface area contributed by atoms with Crippen molar-refractivity contribution >= 4 is 0 Å². The molecule has 0 bridgehead atoms. The lowest BCUT2D eigenvalue weighted by molar-refractivity contribution is -0.143. The molecule has 0 aliphatic carbocycles. The van der Waals surface area contributed by atoms with E-state index in [4.69, 9.17) is 4.74 Å². The summed E-state index contributed by atoms with van der Waals surface area (Å²) in [4.78, 5) is 0. The van der Waals surface area contributed by atoms with Gasteiger partial charge in [-0.25, -0.2) is 9.36 Å². The Hall–Kier alpha value is -3.83. The van der Waals surface area contributed by atoms with Crippen LogP contribution >= 0.6 is 0 Å². The number of halogens is 6. The van der Waals surface area contributed by atoms with E-state index in [1.54, 1.807) is 30.5 Å². The Morgan fingerprint density at radius 2 is 1.53 bits per heavy atom. The van der Waals surface area contributed by atoms with E-state index in [0.717, 1.165) is 5.56 Å². The molecule has 0 radical (unpaired) electrons. The van der Waals surface area contributed by atoms with Crippen LogP contribution < -0.4 is 4.74 Å². The van der Waals surface area contributed by atoms with Gasteiger partial charge in [0.15, 0.2) is 5.69 Å². The average Bonchev–Trinajstić information content (AvgIpc) is 3.41. The van der Waals surface area contributed by atoms with Crippen LogP contribution in [0.15, 0.2) is 60.8 Å². The van der Waals surface area contributed by atoms with Crippen LogP contribution in [0.25, 0.3) is 22.6 Å². The number of nitrogens with zero attached hydrogens (tertiary/aromatic N) is 5. The summed E-state index contributed by atoms with van der Waals surface area (Å²) in [7, 11) is 1.53. The highest BCUT2D eigenvalue weighted by molar-refractivity contribution is 5.60. The summed E-state index contributed by atoms with van der Waals surface area (Å²) in [5.74, 6) is 0.624. The number of hydrogen-bond donors (Lipinski definition) is 0. The zero-order valence-electron chi connectivity index (χ0n) is 16.2. The van der Waals surface area contributed by atoms with E-state index < -0.39 is 23.7 Å². The van der Waals surface area contributed by atoms with Gasteiger partial charge in [0, 0.05) is 11.6 Å². The molecular formula is C20H13F6N5O. The van der Waals surface area contributed by atoms with Gasteiger partial charge < -0.3 is 4.74 Å². The molecule has 0 unspecified atom stereocenters. The molecule has 0 spiro atoms. The fourth-order valence-electron chi connectivity index (χ4n) is 2.97. The van der Waals surface area contributed by atoms with E-state index in [-0.39, 0.29) is 16.4 Å². The first-order valence-corrected chi connectivity index (χ1v) is 8.98. The number of methoxy groups -OCH3 is 1. The minimum Gasteiger partial charge on any atom is -0.497 e. The number of benzene rings is 2. The van der Waals surface area contributed by atoms with Crippen molar-refractivity contribution < 1.29 is 31.1 Å². The van der Waals surface area contributed by atoms with Gasteiger partial charge in [0.25, 0.3) is 0 Å². The number of rotatable bonds is 4. The Labute approximate surface area is 176 Å². The average molecular weight is 453 g/mol. The summed E-state index contributed by atoms with van der Waals surface area (Å²) < 4.78 is 85.2. The topological polar surface area (TPSA) is 57.8 Å². The summed E-state index contributed by atoms with van der Waals surface area (Å²) in [6, 6.07) is 12.3. The first kappa shape index (κ1) is 21.4. The molecule has 0 amide bonds. The Morgan fingerprint density at radius 3 is 2.16 bits per heavy atom. The number of hydrogen-bond acceptors (Lipinski definition) is 4. The highest BCUT2D eigenvalue weighted by Gasteiger charge is 2.42. The summed E-state index contributed by atoms with van der Waals surface area (Å²) in [6.45, 7) is 0. The molecule has 12 heteroatoms. The molecular weight excluding hydrogens is 440 g/mol. The molecule has 0 saturated heterocycles. The predicted molar refractivity (Wildman–Crippen MR) is 100 cm³/mol. The van der Waals surface area contributed by atoms with Crippen LogP contribution in [0.5, 0.6) is 5.75 Å². The Bertz CT molecular complexity index is 1240. The van der Waals surface area contributed by atoms with Crippen molar-refractivity contribution in [3.63, 3.8) is 0 Å². The smallest absolute Gasteiger partial charge is 0.435 e. The van der Waals surface area contributed by atoms with Crippen molar-refractivity contribution in [2.45, 2.75) is 12.4 Å². The SMILES string of the molecule is COc1cccc(-c2cn(-c3ccc(-n4nc(C(F)(F)F)cc4C(F)(F)F)cc3)nn2)c1. The highest BCUT2D eigenvalue weighted by Crippen LogP contribution is 2.36. The lowest BCUT2D eigenvalue weighted by Gasteiger charge is -2.10. The van der Waals surface area contributed by atoms with Gasteiger partial charge in [-0.2, -0.15) is 31.4 Å². The van der Waals surface area contributed by atoms with Gasteiger partial charge in [0.1, 0.15) is 17.1 Å². The quantitative estimate of drug-likeness (QED) is 0.401. The number of aromatic nitrogens is 5. The van der Waals surface area contributed by atoms with Crippen molar-refractivity contribution in [1.82, 2.24) is 24.8 Å². The van der Waals surface area contributed by atoms with E-state index in [2.05, 4.69) is 15.4 Å². The van der Waals surface area contributed by atoms with Gasteiger partial charge in [-0.15, -0.1) is 5.10 Å². The lowest BCUT2D eigenvalue weighted by atomic mass is 10.1. The summed E-state index contributed by atoms with van der Waals surface area (Å²) >= 11 is 0. The van der Waals surface area contributed by atoms with E-state index in [0.29, 0.717) is 17.1 Å². The Kier molecular flexibility index (Phi) is 5.15. The molecule has 4 aromatic rings. The largest absolute Gasteiger partial charge is 0.497 e. The standard InChI is InChI=1S/C20H13F6N5O/c1-32-15-4-2-3-12(9-15)16-11-30(29-27-16)13-5-7-14(8-6-13)31-18(20(24,25)26)10-17(28-31)19(21,22)23/h2-11H,1H3. The molecule has 0 fully saturated rings. The zero-order chi connectivity index (χ0) is 23.1. The van der Waals surface area contributed by atoms with Crippen molar-refractivity contribution in [2.24, 2.45) is 0 Å². The lowest BCUT2D eigenvalue weighted by Crippen LogP contribution is -2.13. The maximum atomic E-state index is 13.2. The molecule has 0 aliphatic heterocycles. The third-order valence-electron chi connectivity index (χ3n) is 4.51. The number of ether oxygens (including phenoxy) is 1. The van der Waals surface area contributed by atoms with Gasteiger partial charge in [-0.05, 0) is 36.4 Å². The van der Waals surface area contributed by atoms with E-state index in [1.807, 2.05) is 0 Å². The van der Waals surface area contributed by atoms with Crippen molar-refractivity contribution in [1.29, 1.82) is 0 Å². The van der Waals surface area contributed by atoms with Gasteiger partial charge in [0.2, 0.25) is 0 Å². The van der Waals surface area contributed by atoms with Crippen LogP contribution in [0.2, 0.25) is 0 Å². The molecule has 166 valence electrons. The molecule has 0 aliphatic rings. The first-order valence-electron chi connectivity index (χ1n) is 8.98. The fourth-order valence-corrected chi connectivity index (χ4v) is 2.97. The molecule has 6 nitrogen and oxygen atoms in total. The Morgan fingerprint density at radius 1 is 0.844 bits per heavy atom. The monoisotopic (exact) mass is 453 g/mol. The minimum absolute atomic E-state index is 0.0221. The van der Waals surface area contributed by atoms with Crippen molar-refractivity contribution in [3.05, 3.63) is 72.2 Å². The van der Waals surface area contributed by atoms with Crippen molar-refractivity contribution in [2.75, 3.05) is 7.11 Å². The maximum Gasteiger partial charge on any atom is 0.435 e. The van der Waals surface area contributed by atoms with Crippen LogP contribution in [0.4, 0.5) is 26.3 Å². The third-order valence-corrected chi connectivity index (χ3v) is 4.51. The fraction of sp³-hybridized carbons (Fsp3) is 0.150. The molecule has 32 heavy (non-hydrogen) atoms. The minimum atomic E-state index is -5.02. The predicted octanol–water partition coefficient (Wildman–Crippen LogP) is 5.17. The molecule has 0 atom stereocenters. The second-order valence-corrected chi connectivity index (χ2v) is 6.62. The molecule has 2 heterocycles. The second-order valence-electron chi connectivity index (χ2n) is 6.62. The summed E-state index contributed by atoms with van der Waals surface area (Å²) in [6.07, 6.45) is -8.43. The molecule has 4 rings (SSSR count). The van der Waals surface area contributed by atoms with E-state index in [9.17, 15) is 26.3 Å². The van der Waals surface area contributed by atoms with Gasteiger partial charge in [-0.1, -0.05) is 17.3 Å². The molecule has 2 aromatic heterocycles. The van der Waals surface area contributed by atoms with Crippen LogP contribution in [0.1, 0.15) is 11.4 Å². The van der Waals surface area contributed by atoms with Crippen LogP contribution in [-0.2, 0) is 12.4 Å². The maximum absolute atomic E-state index is 13.2. The van der Waals surface area contributed by atoms with Gasteiger partial charge >= 0.3 is 12.4 Å².